The smallest absolute Gasteiger partial charge is 0.385 e. The van der Waals surface area contributed by atoms with Gasteiger partial charge in [-0.05, 0) is 19.1 Å². The molecule has 0 aliphatic carbocycles. The zero-order valence-corrected chi connectivity index (χ0v) is 9.40. The number of ether oxygens (including phenoxy) is 2. The van der Waals surface area contributed by atoms with E-state index in [4.69, 9.17) is 9.47 Å². The number of hydrogen-bond acceptors (Lipinski definition) is 3. The minimum Gasteiger partial charge on any atom is -0.451 e. The van der Waals surface area contributed by atoms with E-state index in [9.17, 15) is 4.79 Å². The summed E-state index contributed by atoms with van der Waals surface area (Å²) in [6, 6.07) is 9.29. The minimum atomic E-state index is -0.534. The van der Waals surface area contributed by atoms with E-state index >= 15 is 0 Å². The van der Waals surface area contributed by atoms with E-state index in [1.165, 1.54) is 0 Å². The summed E-state index contributed by atoms with van der Waals surface area (Å²) in [5, 5.41) is 0. The fraction of sp³-hybridized carbons (Fsp3) is 0.308. The molecule has 1 unspecified atom stereocenters. The molecule has 3 nitrogen and oxygen atoms in total. The molecular weight excluding hydrogens is 204 g/mol. The van der Waals surface area contributed by atoms with E-state index in [1.54, 1.807) is 14.0 Å². The van der Waals surface area contributed by atoms with Crippen molar-refractivity contribution < 1.29 is 14.3 Å². The number of benzene rings is 1. The number of carbonyl (C=O) groups excluding carboxylic acids is 1. The van der Waals surface area contributed by atoms with Crippen molar-refractivity contribution >= 4 is 5.97 Å². The van der Waals surface area contributed by atoms with Crippen molar-refractivity contribution in [3.63, 3.8) is 0 Å². The normalized spacial score (nSPS) is 11.1. The monoisotopic (exact) mass is 218 g/mol. The van der Waals surface area contributed by atoms with Gasteiger partial charge in [0.1, 0.15) is 6.10 Å². The molecule has 0 amide bonds. The second-order valence-corrected chi connectivity index (χ2v) is 3.29. The van der Waals surface area contributed by atoms with Crippen molar-refractivity contribution in [2.45, 2.75) is 13.0 Å². The molecule has 1 aromatic carbocycles. The molecule has 1 rings (SSSR count). The maximum atomic E-state index is 11.3. The van der Waals surface area contributed by atoms with Crippen LogP contribution in [0.1, 0.15) is 12.5 Å². The fourth-order valence-corrected chi connectivity index (χ4v) is 1.13. The van der Waals surface area contributed by atoms with E-state index in [-0.39, 0.29) is 6.10 Å². The molecule has 0 spiro atoms. The summed E-state index contributed by atoms with van der Waals surface area (Å²) < 4.78 is 9.82. The first-order valence-electron chi connectivity index (χ1n) is 4.99. The Balaban J connectivity index is 2.49. The molecule has 0 bridgehead atoms. The Morgan fingerprint density at radius 2 is 2.06 bits per heavy atom. The molecule has 0 saturated heterocycles. The fourth-order valence-electron chi connectivity index (χ4n) is 1.13. The van der Waals surface area contributed by atoms with Crippen molar-refractivity contribution in [2.75, 3.05) is 13.7 Å². The summed E-state index contributed by atoms with van der Waals surface area (Å²) in [6.07, 6.45) is -0.275. The van der Waals surface area contributed by atoms with E-state index in [2.05, 4.69) is 11.8 Å². The van der Waals surface area contributed by atoms with Crippen molar-refractivity contribution in [1.29, 1.82) is 0 Å². The molecule has 1 atom stereocenters. The molecular formula is C13H14O3. The maximum absolute atomic E-state index is 11.3. The van der Waals surface area contributed by atoms with Crippen LogP contribution in [-0.4, -0.2) is 25.8 Å². The molecule has 0 radical (unpaired) electrons. The zero-order valence-electron chi connectivity index (χ0n) is 9.40. The summed E-state index contributed by atoms with van der Waals surface area (Å²) in [7, 11) is 1.56. The predicted molar refractivity (Wildman–Crippen MR) is 60.8 cm³/mol. The maximum Gasteiger partial charge on any atom is 0.385 e. The summed E-state index contributed by atoms with van der Waals surface area (Å²) in [5.41, 5.74) is 0.791. The largest absolute Gasteiger partial charge is 0.451 e. The molecule has 0 aromatic heterocycles. The number of esters is 1. The third-order valence-electron chi connectivity index (χ3n) is 1.79. The van der Waals surface area contributed by atoms with Gasteiger partial charge >= 0.3 is 5.97 Å². The van der Waals surface area contributed by atoms with Gasteiger partial charge in [-0.2, -0.15) is 0 Å². The predicted octanol–water partition coefficient (Wildman–Crippen LogP) is 1.62. The third-order valence-corrected chi connectivity index (χ3v) is 1.79. The van der Waals surface area contributed by atoms with Gasteiger partial charge in [0.2, 0.25) is 0 Å². The van der Waals surface area contributed by atoms with E-state index in [0.717, 1.165) is 5.56 Å². The van der Waals surface area contributed by atoms with Crippen molar-refractivity contribution in [3.05, 3.63) is 35.9 Å². The Morgan fingerprint density at radius 1 is 1.38 bits per heavy atom. The van der Waals surface area contributed by atoms with E-state index < -0.39 is 5.97 Å². The quantitative estimate of drug-likeness (QED) is 0.571. The Hall–Kier alpha value is -1.79. The first-order valence-corrected chi connectivity index (χ1v) is 4.99. The van der Waals surface area contributed by atoms with Crippen LogP contribution in [0.15, 0.2) is 30.3 Å². The van der Waals surface area contributed by atoms with Gasteiger partial charge in [-0.15, -0.1) is 0 Å². The number of carbonyl (C=O) groups is 1. The van der Waals surface area contributed by atoms with Crippen molar-refractivity contribution in [3.8, 4) is 11.8 Å². The lowest BCUT2D eigenvalue weighted by Gasteiger charge is -2.08. The summed E-state index contributed by atoms with van der Waals surface area (Å²) in [6.45, 7) is 2.13. The second-order valence-electron chi connectivity index (χ2n) is 3.29. The standard InChI is InChI=1S/C13H14O3/c1-11(10-15-2)16-13(14)9-8-12-6-4-3-5-7-12/h3-7,11H,10H2,1-2H3. The topological polar surface area (TPSA) is 35.5 Å². The third kappa shape index (κ3) is 4.63. The molecule has 0 heterocycles. The van der Waals surface area contributed by atoms with Gasteiger partial charge in [0, 0.05) is 18.6 Å². The average Bonchev–Trinajstić information content (AvgIpc) is 2.28. The van der Waals surface area contributed by atoms with Crippen LogP contribution in [-0.2, 0) is 14.3 Å². The van der Waals surface area contributed by atoms with Crippen LogP contribution in [0.5, 0.6) is 0 Å². The van der Waals surface area contributed by atoms with Crippen LogP contribution < -0.4 is 0 Å². The van der Waals surface area contributed by atoms with Gasteiger partial charge in [0.25, 0.3) is 0 Å². The lowest BCUT2D eigenvalue weighted by Crippen LogP contribution is -2.18. The first kappa shape index (κ1) is 12.3. The Morgan fingerprint density at radius 3 is 2.69 bits per heavy atom. The van der Waals surface area contributed by atoms with E-state index in [1.807, 2.05) is 30.3 Å². The van der Waals surface area contributed by atoms with Gasteiger partial charge < -0.3 is 9.47 Å². The number of rotatable bonds is 3. The van der Waals surface area contributed by atoms with Crippen LogP contribution in [0.3, 0.4) is 0 Å². The Kier molecular flexibility index (Phi) is 5.10. The summed E-state index contributed by atoms with van der Waals surface area (Å²) in [4.78, 5) is 11.3. The molecule has 0 aliphatic heterocycles. The van der Waals surface area contributed by atoms with Gasteiger partial charge in [-0.25, -0.2) is 4.79 Å². The number of hydrogen-bond donors (Lipinski definition) is 0. The van der Waals surface area contributed by atoms with E-state index in [0.29, 0.717) is 6.61 Å². The SMILES string of the molecule is COCC(C)OC(=O)C#Cc1ccccc1. The van der Waals surface area contributed by atoms with Crippen molar-refractivity contribution in [1.82, 2.24) is 0 Å². The second kappa shape index (κ2) is 6.65. The van der Waals surface area contributed by atoms with Crippen LogP contribution >= 0.6 is 0 Å². The molecule has 0 N–H and O–H groups in total. The highest BCUT2D eigenvalue weighted by Gasteiger charge is 2.05. The summed E-state index contributed by atoms with van der Waals surface area (Å²) in [5.74, 6) is 4.61. The Bertz CT molecular complexity index is 387. The minimum absolute atomic E-state index is 0.275. The molecule has 3 heteroatoms. The van der Waals surface area contributed by atoms with Gasteiger partial charge in [0.15, 0.2) is 0 Å². The number of methoxy groups -OCH3 is 1. The van der Waals surface area contributed by atoms with Crippen LogP contribution in [0.2, 0.25) is 0 Å². The average molecular weight is 218 g/mol. The molecule has 0 aliphatic rings. The van der Waals surface area contributed by atoms with Gasteiger partial charge in [0.05, 0.1) is 6.61 Å². The lowest BCUT2D eigenvalue weighted by molar-refractivity contribution is -0.143. The molecule has 16 heavy (non-hydrogen) atoms. The lowest BCUT2D eigenvalue weighted by atomic mass is 10.2. The highest BCUT2D eigenvalue weighted by atomic mass is 16.6. The molecule has 0 saturated carbocycles. The van der Waals surface area contributed by atoms with Gasteiger partial charge in [-0.1, -0.05) is 24.1 Å². The molecule has 0 fully saturated rings. The van der Waals surface area contributed by atoms with Gasteiger partial charge in [-0.3, -0.25) is 0 Å². The van der Waals surface area contributed by atoms with Crippen molar-refractivity contribution in [2.24, 2.45) is 0 Å². The highest BCUT2D eigenvalue weighted by Crippen LogP contribution is 1.95. The molecule has 1 aromatic rings. The van der Waals surface area contributed by atoms with Crippen LogP contribution in [0.4, 0.5) is 0 Å². The van der Waals surface area contributed by atoms with Crippen LogP contribution in [0.25, 0.3) is 0 Å². The Labute approximate surface area is 95.4 Å². The first-order chi connectivity index (χ1) is 7.72. The highest BCUT2D eigenvalue weighted by molar-refractivity contribution is 5.89. The van der Waals surface area contributed by atoms with Crippen LogP contribution in [0, 0.1) is 11.8 Å². The zero-order chi connectivity index (χ0) is 11.8. The summed E-state index contributed by atoms with van der Waals surface area (Å²) >= 11 is 0. The molecule has 84 valence electrons.